The Hall–Kier alpha value is -2.28. The molecule has 2 fully saturated rings. The smallest absolute Gasteiger partial charge is 0.227 e. The Morgan fingerprint density at radius 2 is 2.12 bits per heavy atom. The van der Waals surface area contributed by atoms with Gasteiger partial charge in [-0.1, -0.05) is 0 Å². The molecule has 1 unspecified atom stereocenters. The van der Waals surface area contributed by atoms with Crippen LogP contribution in [0.1, 0.15) is 36.7 Å². The Balaban J connectivity index is 1.41. The molecular weight excluding hydrogens is 304 g/mol. The van der Waals surface area contributed by atoms with Gasteiger partial charge in [0.05, 0.1) is 29.3 Å². The maximum atomic E-state index is 11.9. The summed E-state index contributed by atoms with van der Waals surface area (Å²) in [6, 6.07) is 0.355. The summed E-state index contributed by atoms with van der Waals surface area (Å²) in [6.45, 7) is 5.62. The van der Waals surface area contributed by atoms with Crippen LogP contribution in [0.4, 0.5) is 5.69 Å². The molecule has 2 aromatic heterocycles. The second kappa shape index (κ2) is 6.32. The first-order valence-electron chi connectivity index (χ1n) is 8.54. The molecule has 0 spiro atoms. The van der Waals surface area contributed by atoms with Crippen molar-refractivity contribution in [1.82, 2.24) is 24.6 Å². The number of anilines is 1. The van der Waals surface area contributed by atoms with Crippen molar-refractivity contribution in [3.05, 3.63) is 36.2 Å². The lowest BCUT2D eigenvalue weighted by Crippen LogP contribution is -2.23. The molecule has 126 valence electrons. The lowest BCUT2D eigenvalue weighted by atomic mass is 10.3. The number of hydrogen-bond acceptors (Lipinski definition) is 5. The second-order valence-electron chi connectivity index (χ2n) is 6.59. The van der Waals surface area contributed by atoms with Crippen molar-refractivity contribution in [3.63, 3.8) is 0 Å². The number of aromatic nitrogens is 4. The number of nitrogens with zero attached hydrogens (tertiary/aromatic N) is 6. The van der Waals surface area contributed by atoms with Crippen LogP contribution < -0.4 is 4.90 Å². The third-order valence-corrected chi connectivity index (χ3v) is 4.95. The molecule has 2 aliphatic rings. The van der Waals surface area contributed by atoms with Gasteiger partial charge in [-0.3, -0.25) is 24.3 Å². The van der Waals surface area contributed by atoms with Gasteiger partial charge in [0.2, 0.25) is 5.91 Å². The zero-order chi connectivity index (χ0) is 16.5. The maximum absolute atomic E-state index is 11.9. The summed E-state index contributed by atoms with van der Waals surface area (Å²) in [6.07, 6.45) is 9.98. The zero-order valence-electron chi connectivity index (χ0n) is 13.9. The van der Waals surface area contributed by atoms with Crippen LogP contribution >= 0.6 is 0 Å². The maximum Gasteiger partial charge on any atom is 0.227 e. The van der Waals surface area contributed by atoms with E-state index in [1.54, 1.807) is 12.4 Å². The van der Waals surface area contributed by atoms with E-state index in [-0.39, 0.29) is 5.91 Å². The minimum Gasteiger partial charge on any atom is -0.309 e. The molecule has 4 rings (SSSR count). The SMILES string of the molecule is Cc1nccnc1CN1CCC(n2cc(N3CCCC3=O)cn2)C1. The van der Waals surface area contributed by atoms with Gasteiger partial charge in [-0.05, 0) is 19.8 Å². The number of rotatable bonds is 4. The van der Waals surface area contributed by atoms with Crippen molar-refractivity contribution in [2.45, 2.75) is 38.8 Å². The first kappa shape index (κ1) is 15.3. The first-order valence-corrected chi connectivity index (χ1v) is 8.54. The van der Waals surface area contributed by atoms with Crippen LogP contribution in [0.3, 0.4) is 0 Å². The van der Waals surface area contributed by atoms with Gasteiger partial charge < -0.3 is 4.90 Å². The predicted molar refractivity (Wildman–Crippen MR) is 89.5 cm³/mol. The molecule has 0 N–H and O–H groups in total. The van der Waals surface area contributed by atoms with Gasteiger partial charge in [-0.25, -0.2) is 0 Å². The highest BCUT2D eigenvalue weighted by molar-refractivity contribution is 5.95. The molecule has 4 heterocycles. The van der Waals surface area contributed by atoms with Gasteiger partial charge in [-0.15, -0.1) is 0 Å². The van der Waals surface area contributed by atoms with Crippen LogP contribution in [0.15, 0.2) is 24.8 Å². The minimum atomic E-state index is 0.209. The molecule has 7 heteroatoms. The molecule has 0 radical (unpaired) electrons. The van der Waals surface area contributed by atoms with Crippen molar-refractivity contribution in [2.75, 3.05) is 24.5 Å². The number of amides is 1. The molecule has 7 nitrogen and oxygen atoms in total. The second-order valence-corrected chi connectivity index (χ2v) is 6.59. The summed E-state index contributed by atoms with van der Waals surface area (Å²) in [5.41, 5.74) is 2.97. The number of carbonyl (C=O) groups excluding carboxylic acids is 1. The van der Waals surface area contributed by atoms with Crippen LogP contribution in [0, 0.1) is 6.92 Å². The number of hydrogen-bond donors (Lipinski definition) is 0. The highest BCUT2D eigenvalue weighted by atomic mass is 16.2. The minimum absolute atomic E-state index is 0.209. The molecule has 0 bridgehead atoms. The van der Waals surface area contributed by atoms with E-state index in [1.165, 1.54) is 0 Å². The standard InChI is InChI=1S/C17H22N6O/c1-13-16(19-6-5-18-13)12-21-8-4-14(10-21)23-11-15(9-20-23)22-7-2-3-17(22)24/h5-6,9,11,14H,2-4,7-8,10,12H2,1H3. The molecule has 1 atom stereocenters. The Morgan fingerprint density at radius 1 is 1.25 bits per heavy atom. The predicted octanol–water partition coefficient (Wildman–Crippen LogP) is 1.56. The van der Waals surface area contributed by atoms with E-state index in [4.69, 9.17) is 0 Å². The fourth-order valence-corrected chi connectivity index (χ4v) is 3.56. The normalized spacial score (nSPS) is 21.8. The van der Waals surface area contributed by atoms with E-state index >= 15 is 0 Å². The largest absolute Gasteiger partial charge is 0.309 e. The monoisotopic (exact) mass is 326 g/mol. The number of carbonyl (C=O) groups is 1. The summed E-state index contributed by atoms with van der Waals surface area (Å²) in [7, 11) is 0. The molecule has 2 aliphatic heterocycles. The van der Waals surface area contributed by atoms with E-state index in [9.17, 15) is 4.79 Å². The topological polar surface area (TPSA) is 67.2 Å². The molecule has 1 amide bonds. The van der Waals surface area contributed by atoms with Crippen LogP contribution in [-0.4, -0.2) is 50.2 Å². The molecule has 2 saturated heterocycles. The van der Waals surface area contributed by atoms with Crippen molar-refractivity contribution >= 4 is 11.6 Å². The number of likely N-dealkylation sites (tertiary alicyclic amines) is 1. The Labute approximate surface area is 141 Å². The molecule has 0 saturated carbocycles. The van der Waals surface area contributed by atoms with Gasteiger partial charge in [0.15, 0.2) is 0 Å². The van der Waals surface area contributed by atoms with Gasteiger partial charge in [0.1, 0.15) is 0 Å². The zero-order valence-corrected chi connectivity index (χ0v) is 13.9. The molecule has 0 aromatic carbocycles. The van der Waals surface area contributed by atoms with E-state index < -0.39 is 0 Å². The third-order valence-electron chi connectivity index (χ3n) is 4.95. The van der Waals surface area contributed by atoms with Gasteiger partial charge in [-0.2, -0.15) is 5.10 Å². The quantitative estimate of drug-likeness (QED) is 0.853. The van der Waals surface area contributed by atoms with Crippen LogP contribution in [0.2, 0.25) is 0 Å². The van der Waals surface area contributed by atoms with Crippen LogP contribution in [0.5, 0.6) is 0 Å². The molecular formula is C17H22N6O. The first-order chi connectivity index (χ1) is 11.7. The molecule has 0 aliphatic carbocycles. The van der Waals surface area contributed by atoms with Gasteiger partial charge in [0, 0.05) is 51.2 Å². The van der Waals surface area contributed by atoms with Crippen LogP contribution in [0.25, 0.3) is 0 Å². The fraction of sp³-hybridized carbons (Fsp3) is 0.529. The van der Waals surface area contributed by atoms with Crippen molar-refractivity contribution < 1.29 is 4.79 Å². The Kier molecular flexibility index (Phi) is 4.02. The summed E-state index contributed by atoms with van der Waals surface area (Å²) >= 11 is 0. The van der Waals surface area contributed by atoms with E-state index in [1.807, 2.05) is 28.9 Å². The summed E-state index contributed by atoms with van der Waals surface area (Å²) in [4.78, 5) is 24.8. The van der Waals surface area contributed by atoms with Crippen molar-refractivity contribution in [2.24, 2.45) is 0 Å². The van der Waals surface area contributed by atoms with E-state index in [0.29, 0.717) is 12.5 Å². The molecule has 24 heavy (non-hydrogen) atoms. The lowest BCUT2D eigenvalue weighted by Gasteiger charge is -2.16. The highest BCUT2D eigenvalue weighted by Gasteiger charge is 2.27. The fourth-order valence-electron chi connectivity index (χ4n) is 3.56. The number of aryl methyl sites for hydroxylation is 1. The lowest BCUT2D eigenvalue weighted by molar-refractivity contribution is -0.117. The van der Waals surface area contributed by atoms with Crippen molar-refractivity contribution in [1.29, 1.82) is 0 Å². The Morgan fingerprint density at radius 3 is 2.92 bits per heavy atom. The third kappa shape index (κ3) is 2.91. The summed E-state index contributed by atoms with van der Waals surface area (Å²) in [5, 5.41) is 4.50. The average molecular weight is 326 g/mol. The molecule has 2 aromatic rings. The Bertz CT molecular complexity index is 742. The average Bonchev–Trinajstić information content (AvgIpc) is 3.29. The van der Waals surface area contributed by atoms with Gasteiger partial charge in [0.25, 0.3) is 0 Å². The summed E-state index contributed by atoms with van der Waals surface area (Å²) < 4.78 is 2.02. The summed E-state index contributed by atoms with van der Waals surface area (Å²) in [5.74, 6) is 0.209. The van der Waals surface area contributed by atoms with E-state index in [2.05, 4.69) is 20.0 Å². The van der Waals surface area contributed by atoms with Crippen LogP contribution in [-0.2, 0) is 11.3 Å². The van der Waals surface area contributed by atoms with Crippen molar-refractivity contribution in [3.8, 4) is 0 Å². The highest BCUT2D eigenvalue weighted by Crippen LogP contribution is 2.26. The van der Waals surface area contributed by atoms with Gasteiger partial charge >= 0.3 is 0 Å². The van der Waals surface area contributed by atoms with E-state index in [0.717, 1.165) is 56.1 Å².